The summed E-state index contributed by atoms with van der Waals surface area (Å²) < 4.78 is 0. The standard InChI is InChI=1S/C21H28N2O/c1-16-5-6-17(2)19(14-16)8-7-18-9-12-23(13-10-18)15-20-4-3-11-22-21(20)24/h3-6,11,14,18H,7-10,12-13,15H2,1-2H3,(H,22,24). The van der Waals surface area contributed by atoms with Gasteiger partial charge in [0.15, 0.2) is 0 Å². The van der Waals surface area contributed by atoms with Crippen molar-refractivity contribution in [3.8, 4) is 0 Å². The molecule has 1 N–H and O–H groups in total. The van der Waals surface area contributed by atoms with E-state index in [1.165, 1.54) is 42.4 Å². The minimum Gasteiger partial charge on any atom is -0.329 e. The molecule has 1 saturated heterocycles. The molecule has 3 rings (SSSR count). The first-order valence-electron chi connectivity index (χ1n) is 9.07. The van der Waals surface area contributed by atoms with Gasteiger partial charge in [-0.2, -0.15) is 0 Å². The van der Waals surface area contributed by atoms with E-state index < -0.39 is 0 Å². The summed E-state index contributed by atoms with van der Waals surface area (Å²) in [7, 11) is 0. The Kier molecular flexibility index (Phi) is 5.52. The van der Waals surface area contributed by atoms with Crippen molar-refractivity contribution in [1.82, 2.24) is 9.88 Å². The Labute approximate surface area is 144 Å². The molecule has 0 atom stereocenters. The fourth-order valence-electron chi connectivity index (χ4n) is 3.68. The van der Waals surface area contributed by atoms with E-state index in [4.69, 9.17) is 0 Å². The molecule has 3 nitrogen and oxygen atoms in total. The van der Waals surface area contributed by atoms with E-state index in [0.717, 1.165) is 31.1 Å². The van der Waals surface area contributed by atoms with Crippen LogP contribution in [-0.2, 0) is 13.0 Å². The van der Waals surface area contributed by atoms with Crippen molar-refractivity contribution in [2.75, 3.05) is 13.1 Å². The molecule has 1 aromatic heterocycles. The first-order valence-corrected chi connectivity index (χ1v) is 9.07. The molecule has 128 valence electrons. The van der Waals surface area contributed by atoms with Gasteiger partial charge in [-0.05, 0) is 75.7 Å². The van der Waals surface area contributed by atoms with Crippen molar-refractivity contribution >= 4 is 0 Å². The summed E-state index contributed by atoms with van der Waals surface area (Å²) in [4.78, 5) is 17.0. The molecular weight excluding hydrogens is 296 g/mol. The molecule has 1 aliphatic rings. The first kappa shape index (κ1) is 17.0. The van der Waals surface area contributed by atoms with E-state index in [0.29, 0.717) is 0 Å². The first-order chi connectivity index (χ1) is 11.6. The lowest BCUT2D eigenvalue weighted by Crippen LogP contribution is -2.35. The molecule has 0 saturated carbocycles. The van der Waals surface area contributed by atoms with Crippen LogP contribution in [0.1, 0.15) is 41.5 Å². The van der Waals surface area contributed by atoms with Crippen LogP contribution in [-0.4, -0.2) is 23.0 Å². The molecule has 1 aromatic carbocycles. The number of piperidine rings is 1. The molecular formula is C21H28N2O. The van der Waals surface area contributed by atoms with Gasteiger partial charge in [0, 0.05) is 18.3 Å². The summed E-state index contributed by atoms with van der Waals surface area (Å²) in [6.45, 7) is 7.37. The quantitative estimate of drug-likeness (QED) is 0.907. The van der Waals surface area contributed by atoms with Gasteiger partial charge in [-0.1, -0.05) is 29.8 Å². The van der Waals surface area contributed by atoms with Crippen molar-refractivity contribution in [3.63, 3.8) is 0 Å². The molecule has 1 aliphatic heterocycles. The van der Waals surface area contributed by atoms with Gasteiger partial charge in [0.1, 0.15) is 0 Å². The Morgan fingerprint density at radius 2 is 1.92 bits per heavy atom. The Balaban J connectivity index is 1.48. The summed E-state index contributed by atoms with van der Waals surface area (Å²) in [6.07, 6.45) is 6.66. The number of rotatable bonds is 5. The van der Waals surface area contributed by atoms with Crippen LogP contribution < -0.4 is 5.56 Å². The summed E-state index contributed by atoms with van der Waals surface area (Å²) in [5.41, 5.74) is 5.22. The van der Waals surface area contributed by atoms with Crippen molar-refractivity contribution in [2.24, 2.45) is 5.92 Å². The van der Waals surface area contributed by atoms with Gasteiger partial charge >= 0.3 is 0 Å². The third-order valence-corrected chi connectivity index (χ3v) is 5.33. The Bertz CT molecular complexity index is 727. The molecule has 0 aliphatic carbocycles. The monoisotopic (exact) mass is 324 g/mol. The van der Waals surface area contributed by atoms with E-state index in [9.17, 15) is 4.79 Å². The van der Waals surface area contributed by atoms with Crippen LogP contribution in [0.3, 0.4) is 0 Å². The summed E-state index contributed by atoms with van der Waals surface area (Å²) >= 11 is 0. The summed E-state index contributed by atoms with van der Waals surface area (Å²) in [5, 5.41) is 0. The number of likely N-dealkylation sites (tertiary alicyclic amines) is 1. The Morgan fingerprint density at radius 3 is 2.67 bits per heavy atom. The van der Waals surface area contributed by atoms with Crippen LogP contribution in [0.25, 0.3) is 0 Å². The van der Waals surface area contributed by atoms with Crippen LogP contribution in [0.5, 0.6) is 0 Å². The second kappa shape index (κ2) is 7.80. The van der Waals surface area contributed by atoms with Crippen molar-refractivity contribution < 1.29 is 0 Å². The topological polar surface area (TPSA) is 36.1 Å². The highest BCUT2D eigenvalue weighted by Gasteiger charge is 2.20. The minimum atomic E-state index is 0.0505. The summed E-state index contributed by atoms with van der Waals surface area (Å²) in [6, 6.07) is 10.6. The predicted molar refractivity (Wildman–Crippen MR) is 99.3 cm³/mol. The van der Waals surface area contributed by atoms with E-state index in [2.05, 4.69) is 41.9 Å². The molecule has 2 aromatic rings. The zero-order chi connectivity index (χ0) is 16.9. The Hall–Kier alpha value is -1.87. The number of pyridine rings is 1. The highest BCUT2D eigenvalue weighted by molar-refractivity contribution is 5.30. The zero-order valence-corrected chi connectivity index (χ0v) is 14.8. The average Bonchev–Trinajstić information content (AvgIpc) is 2.59. The van der Waals surface area contributed by atoms with E-state index in [-0.39, 0.29) is 5.56 Å². The van der Waals surface area contributed by atoms with Crippen molar-refractivity contribution in [1.29, 1.82) is 0 Å². The molecule has 24 heavy (non-hydrogen) atoms. The number of hydrogen-bond acceptors (Lipinski definition) is 2. The molecule has 0 unspecified atom stereocenters. The van der Waals surface area contributed by atoms with E-state index in [1.54, 1.807) is 6.20 Å². The number of aromatic amines is 1. The second-order valence-corrected chi connectivity index (χ2v) is 7.21. The van der Waals surface area contributed by atoms with Gasteiger partial charge in [-0.15, -0.1) is 0 Å². The number of nitrogens with zero attached hydrogens (tertiary/aromatic N) is 1. The molecule has 0 radical (unpaired) electrons. The zero-order valence-electron chi connectivity index (χ0n) is 14.8. The largest absolute Gasteiger partial charge is 0.329 e. The lowest BCUT2D eigenvalue weighted by molar-refractivity contribution is 0.172. The number of H-pyrrole nitrogens is 1. The maximum atomic E-state index is 11.8. The van der Waals surface area contributed by atoms with Crippen LogP contribution >= 0.6 is 0 Å². The molecule has 0 bridgehead atoms. The average molecular weight is 324 g/mol. The second-order valence-electron chi connectivity index (χ2n) is 7.21. The number of aromatic nitrogens is 1. The van der Waals surface area contributed by atoms with Crippen molar-refractivity contribution in [2.45, 2.75) is 46.1 Å². The van der Waals surface area contributed by atoms with E-state index in [1.807, 2.05) is 12.1 Å². The number of benzene rings is 1. The van der Waals surface area contributed by atoms with Gasteiger partial charge < -0.3 is 4.98 Å². The molecule has 0 spiro atoms. The number of nitrogens with one attached hydrogen (secondary N) is 1. The lowest BCUT2D eigenvalue weighted by atomic mass is 9.89. The molecule has 3 heteroatoms. The van der Waals surface area contributed by atoms with Gasteiger partial charge in [0.25, 0.3) is 5.56 Å². The lowest BCUT2D eigenvalue weighted by Gasteiger charge is -2.32. The highest BCUT2D eigenvalue weighted by Crippen LogP contribution is 2.24. The SMILES string of the molecule is Cc1ccc(C)c(CCC2CCN(Cc3ccc[nH]c3=O)CC2)c1. The summed E-state index contributed by atoms with van der Waals surface area (Å²) in [5.74, 6) is 0.815. The fraction of sp³-hybridized carbons (Fsp3) is 0.476. The van der Waals surface area contributed by atoms with E-state index >= 15 is 0 Å². The maximum absolute atomic E-state index is 11.8. The van der Waals surface area contributed by atoms with Crippen LogP contribution in [0.4, 0.5) is 0 Å². The van der Waals surface area contributed by atoms with Gasteiger partial charge in [-0.25, -0.2) is 0 Å². The fourth-order valence-corrected chi connectivity index (χ4v) is 3.68. The third kappa shape index (κ3) is 4.35. The number of aryl methyl sites for hydroxylation is 3. The maximum Gasteiger partial charge on any atom is 0.252 e. The molecule has 1 fully saturated rings. The Morgan fingerprint density at radius 1 is 1.12 bits per heavy atom. The smallest absolute Gasteiger partial charge is 0.252 e. The molecule has 2 heterocycles. The predicted octanol–water partition coefficient (Wildman–Crippen LogP) is 3.84. The van der Waals surface area contributed by atoms with Crippen LogP contribution in [0.2, 0.25) is 0 Å². The van der Waals surface area contributed by atoms with Crippen LogP contribution in [0.15, 0.2) is 41.3 Å². The minimum absolute atomic E-state index is 0.0505. The van der Waals surface area contributed by atoms with Crippen molar-refractivity contribution in [3.05, 3.63) is 69.1 Å². The van der Waals surface area contributed by atoms with Gasteiger partial charge in [0.05, 0.1) is 0 Å². The van der Waals surface area contributed by atoms with Gasteiger partial charge in [0.2, 0.25) is 0 Å². The van der Waals surface area contributed by atoms with Crippen LogP contribution in [0, 0.1) is 19.8 Å². The third-order valence-electron chi connectivity index (χ3n) is 5.33. The van der Waals surface area contributed by atoms with Gasteiger partial charge in [-0.3, -0.25) is 9.69 Å². The highest BCUT2D eigenvalue weighted by atomic mass is 16.1. The molecule has 0 amide bonds. The number of hydrogen-bond donors (Lipinski definition) is 1. The normalized spacial score (nSPS) is 16.4.